The summed E-state index contributed by atoms with van der Waals surface area (Å²) in [4.78, 5) is 26.9. The second-order valence-corrected chi connectivity index (χ2v) is 5.24. The van der Waals surface area contributed by atoms with Crippen LogP contribution in [0.2, 0.25) is 5.15 Å². The van der Waals surface area contributed by atoms with Gasteiger partial charge in [0.05, 0.1) is 12.6 Å². The number of carbonyl (C=O) groups excluding carboxylic acids is 1. The summed E-state index contributed by atoms with van der Waals surface area (Å²) in [6.07, 6.45) is 0.337. The average molecular weight is 338 g/mol. The summed E-state index contributed by atoms with van der Waals surface area (Å²) in [7, 11) is 1.64. The molecule has 2 N–H and O–H groups in total. The number of aromatic nitrogens is 2. The van der Waals surface area contributed by atoms with Crippen molar-refractivity contribution < 1.29 is 19.4 Å². The van der Waals surface area contributed by atoms with Crippen LogP contribution >= 0.6 is 11.6 Å². The number of carboxylic acid groups (broad SMARTS) is 1. The van der Waals surface area contributed by atoms with E-state index < -0.39 is 18.1 Å². The summed E-state index contributed by atoms with van der Waals surface area (Å²) < 4.78 is 6.60. The molecule has 0 unspecified atom stereocenters. The molecular weight excluding hydrogens is 322 g/mol. The molecule has 0 bridgehead atoms. The Balaban J connectivity index is 2.01. The lowest BCUT2D eigenvalue weighted by Gasteiger charge is -2.17. The van der Waals surface area contributed by atoms with Gasteiger partial charge in [-0.15, -0.1) is 0 Å². The lowest BCUT2D eigenvalue weighted by Crippen LogP contribution is -2.32. The van der Waals surface area contributed by atoms with Crippen molar-refractivity contribution in [2.45, 2.75) is 19.1 Å². The lowest BCUT2D eigenvalue weighted by molar-refractivity contribution is -0.137. The summed E-state index contributed by atoms with van der Waals surface area (Å²) in [6.45, 7) is 0.0911. The van der Waals surface area contributed by atoms with Gasteiger partial charge in [0.25, 0.3) is 0 Å². The number of amides is 1. The van der Waals surface area contributed by atoms with Crippen molar-refractivity contribution in [1.29, 1.82) is 0 Å². The average Bonchev–Trinajstić information content (AvgIpc) is 2.85. The van der Waals surface area contributed by atoms with Gasteiger partial charge in [0.2, 0.25) is 0 Å². The number of aliphatic carboxylic acids is 1. The SMILES string of the molecule is Cn1c(Cl)cnc1[C@H](CC(=O)O)NC(=O)OCc1ccccc1. The van der Waals surface area contributed by atoms with Crippen molar-refractivity contribution in [1.82, 2.24) is 14.9 Å². The molecule has 2 rings (SSSR count). The number of benzene rings is 1. The molecule has 8 heteroatoms. The maximum Gasteiger partial charge on any atom is 0.408 e. The van der Waals surface area contributed by atoms with E-state index in [1.807, 2.05) is 30.3 Å². The quantitative estimate of drug-likeness (QED) is 0.844. The zero-order valence-corrected chi connectivity index (χ0v) is 13.2. The van der Waals surface area contributed by atoms with Gasteiger partial charge in [0.15, 0.2) is 0 Å². The van der Waals surface area contributed by atoms with Crippen LogP contribution < -0.4 is 5.32 Å². The molecule has 0 saturated heterocycles. The van der Waals surface area contributed by atoms with E-state index in [0.717, 1.165) is 5.56 Å². The fourth-order valence-electron chi connectivity index (χ4n) is 2.01. The number of carboxylic acids is 1. The molecule has 1 amide bonds. The van der Waals surface area contributed by atoms with Gasteiger partial charge in [-0.3, -0.25) is 4.79 Å². The first-order valence-corrected chi connectivity index (χ1v) is 7.21. The van der Waals surface area contributed by atoms with Crippen molar-refractivity contribution in [3.05, 3.63) is 53.1 Å². The fraction of sp³-hybridized carbons (Fsp3) is 0.267. The Hall–Kier alpha value is -2.54. The van der Waals surface area contributed by atoms with Crippen LogP contribution in [0, 0.1) is 0 Å². The maximum atomic E-state index is 11.9. The number of hydrogen-bond acceptors (Lipinski definition) is 4. The van der Waals surface area contributed by atoms with Gasteiger partial charge in [-0.2, -0.15) is 0 Å². The molecule has 2 aromatic rings. The van der Waals surface area contributed by atoms with Gasteiger partial charge < -0.3 is 19.7 Å². The normalized spacial score (nSPS) is 11.7. The van der Waals surface area contributed by atoms with E-state index in [1.54, 1.807) is 7.05 Å². The summed E-state index contributed by atoms with van der Waals surface area (Å²) in [5.41, 5.74) is 0.831. The topological polar surface area (TPSA) is 93.5 Å². The number of nitrogens with zero attached hydrogens (tertiary/aromatic N) is 2. The molecule has 7 nitrogen and oxygen atoms in total. The molecule has 1 heterocycles. The van der Waals surface area contributed by atoms with E-state index in [9.17, 15) is 9.59 Å². The maximum absolute atomic E-state index is 11.9. The summed E-state index contributed by atoms with van der Waals surface area (Å²) in [5.74, 6) is -0.730. The molecule has 0 saturated carbocycles. The van der Waals surface area contributed by atoms with E-state index in [-0.39, 0.29) is 13.0 Å². The van der Waals surface area contributed by atoms with Crippen molar-refractivity contribution in [2.75, 3.05) is 0 Å². The van der Waals surface area contributed by atoms with Crippen molar-refractivity contribution in [3.63, 3.8) is 0 Å². The van der Waals surface area contributed by atoms with Crippen LogP contribution in [0.3, 0.4) is 0 Å². The molecule has 0 aliphatic carbocycles. The monoisotopic (exact) mass is 337 g/mol. The third-order valence-electron chi connectivity index (χ3n) is 3.16. The van der Waals surface area contributed by atoms with E-state index in [2.05, 4.69) is 10.3 Å². The third-order valence-corrected chi connectivity index (χ3v) is 3.51. The standard InChI is InChI=1S/C15H16ClN3O4/c1-19-12(16)8-17-14(19)11(7-13(20)21)18-15(22)23-9-10-5-3-2-4-6-10/h2-6,8,11H,7,9H2,1H3,(H,18,22)(H,20,21)/t11-/m0/s1. The molecule has 0 spiro atoms. The Morgan fingerprint density at radius 3 is 2.65 bits per heavy atom. The van der Waals surface area contributed by atoms with Crippen LogP contribution in [0.15, 0.2) is 36.5 Å². The Labute approximate surface area is 137 Å². The number of ether oxygens (including phenoxy) is 1. The molecule has 1 aromatic carbocycles. The highest BCUT2D eigenvalue weighted by Gasteiger charge is 2.23. The van der Waals surface area contributed by atoms with Crippen LogP contribution in [0.25, 0.3) is 0 Å². The summed E-state index contributed by atoms with van der Waals surface area (Å²) in [6, 6.07) is 8.32. The minimum atomic E-state index is -1.07. The van der Waals surface area contributed by atoms with E-state index in [1.165, 1.54) is 10.8 Å². The summed E-state index contributed by atoms with van der Waals surface area (Å²) >= 11 is 5.90. The van der Waals surface area contributed by atoms with Crippen molar-refractivity contribution >= 4 is 23.7 Å². The van der Waals surface area contributed by atoms with Gasteiger partial charge in [-0.1, -0.05) is 41.9 Å². The number of alkyl carbamates (subject to hydrolysis) is 1. The smallest absolute Gasteiger partial charge is 0.408 e. The first-order valence-electron chi connectivity index (χ1n) is 6.83. The Kier molecular flexibility index (Phi) is 5.59. The zero-order valence-electron chi connectivity index (χ0n) is 12.4. The molecule has 0 radical (unpaired) electrons. The second kappa shape index (κ2) is 7.64. The molecule has 23 heavy (non-hydrogen) atoms. The Morgan fingerprint density at radius 1 is 1.39 bits per heavy atom. The number of nitrogens with one attached hydrogen (secondary N) is 1. The highest BCUT2D eigenvalue weighted by Crippen LogP contribution is 2.19. The zero-order chi connectivity index (χ0) is 16.8. The minimum Gasteiger partial charge on any atom is -0.481 e. The predicted molar refractivity (Wildman–Crippen MR) is 83.0 cm³/mol. The lowest BCUT2D eigenvalue weighted by atomic mass is 10.2. The predicted octanol–water partition coefficient (Wildman–Crippen LogP) is 2.52. The number of imidazole rings is 1. The first kappa shape index (κ1) is 16.8. The fourth-order valence-corrected chi connectivity index (χ4v) is 2.15. The first-order chi connectivity index (χ1) is 11.0. The third kappa shape index (κ3) is 4.72. The van der Waals surface area contributed by atoms with Gasteiger partial charge in [-0.25, -0.2) is 9.78 Å². The van der Waals surface area contributed by atoms with Crippen LogP contribution in [0.4, 0.5) is 4.79 Å². The number of rotatable bonds is 6. The number of halogens is 1. The van der Waals surface area contributed by atoms with Crippen molar-refractivity contribution in [2.24, 2.45) is 7.05 Å². The van der Waals surface area contributed by atoms with Crippen LogP contribution in [0.5, 0.6) is 0 Å². The van der Waals surface area contributed by atoms with Gasteiger partial charge in [-0.05, 0) is 5.56 Å². The Bertz CT molecular complexity index is 687. The molecule has 0 aliphatic rings. The molecule has 0 fully saturated rings. The molecule has 122 valence electrons. The largest absolute Gasteiger partial charge is 0.481 e. The van der Waals surface area contributed by atoms with E-state index in [4.69, 9.17) is 21.4 Å². The highest BCUT2D eigenvalue weighted by molar-refractivity contribution is 6.29. The Morgan fingerprint density at radius 2 is 2.09 bits per heavy atom. The summed E-state index contributed by atoms with van der Waals surface area (Å²) in [5, 5.41) is 11.8. The van der Waals surface area contributed by atoms with E-state index >= 15 is 0 Å². The minimum absolute atomic E-state index is 0.0911. The van der Waals surface area contributed by atoms with Crippen molar-refractivity contribution in [3.8, 4) is 0 Å². The highest BCUT2D eigenvalue weighted by atomic mass is 35.5. The van der Waals surface area contributed by atoms with Crippen LogP contribution in [-0.4, -0.2) is 26.7 Å². The van der Waals surface area contributed by atoms with Gasteiger partial charge >= 0.3 is 12.1 Å². The molecule has 1 aromatic heterocycles. The second-order valence-electron chi connectivity index (χ2n) is 4.85. The van der Waals surface area contributed by atoms with Gasteiger partial charge in [0.1, 0.15) is 23.6 Å². The van der Waals surface area contributed by atoms with Crippen LogP contribution in [-0.2, 0) is 23.2 Å². The van der Waals surface area contributed by atoms with E-state index in [0.29, 0.717) is 11.0 Å². The number of carbonyl (C=O) groups is 2. The van der Waals surface area contributed by atoms with Crippen LogP contribution in [0.1, 0.15) is 23.9 Å². The van der Waals surface area contributed by atoms with Gasteiger partial charge in [0, 0.05) is 7.05 Å². The molecule has 1 atom stereocenters. The number of hydrogen-bond donors (Lipinski definition) is 2. The molecule has 0 aliphatic heterocycles. The molecular formula is C15H16ClN3O4.